The van der Waals surface area contributed by atoms with Gasteiger partial charge in [0.15, 0.2) is 0 Å². The number of likely N-dealkylation sites (tertiary alicyclic amines) is 1. The molecule has 0 radical (unpaired) electrons. The van der Waals surface area contributed by atoms with Crippen molar-refractivity contribution in [3.8, 4) is 0 Å². The predicted octanol–water partition coefficient (Wildman–Crippen LogP) is 1.57. The second kappa shape index (κ2) is 8.77. The van der Waals surface area contributed by atoms with Crippen molar-refractivity contribution in [3.63, 3.8) is 0 Å². The van der Waals surface area contributed by atoms with Gasteiger partial charge >= 0.3 is 12.1 Å². The maximum absolute atomic E-state index is 11.8. The van der Waals surface area contributed by atoms with E-state index in [4.69, 9.17) is 8.95 Å². The zero-order chi connectivity index (χ0) is 16.8. The monoisotopic (exact) mass is 363 g/mol. The molecule has 1 N–H and O–H groups in total. The fraction of sp³-hybridized carbons (Fsp3) is 0.818. The van der Waals surface area contributed by atoms with Crippen LogP contribution in [-0.4, -0.2) is 57.7 Å². The molecule has 1 aliphatic heterocycles. The Morgan fingerprint density at radius 2 is 1.81 bits per heavy atom. The van der Waals surface area contributed by atoms with Crippen LogP contribution in [-0.2, 0) is 23.5 Å². The molecule has 0 bridgehead atoms. The Labute approximate surface area is 134 Å². The van der Waals surface area contributed by atoms with Gasteiger partial charge in [0, 0.05) is 27.8 Å². The van der Waals surface area contributed by atoms with Crippen molar-refractivity contribution in [2.24, 2.45) is 0 Å². The van der Waals surface area contributed by atoms with Gasteiger partial charge in [-0.25, -0.2) is 13.8 Å². The molecule has 2 atom stereocenters. The summed E-state index contributed by atoms with van der Waals surface area (Å²) >= 11 is 0. The normalized spacial score (nSPS) is 21.6. The van der Waals surface area contributed by atoms with Crippen LogP contribution < -0.4 is 0 Å². The van der Waals surface area contributed by atoms with E-state index >= 15 is 0 Å². The van der Waals surface area contributed by atoms with E-state index in [1.165, 1.54) is 12.0 Å². The summed E-state index contributed by atoms with van der Waals surface area (Å²) in [5, 5.41) is 9.50. The molecule has 0 aliphatic carbocycles. The van der Waals surface area contributed by atoms with E-state index in [1.54, 1.807) is 20.8 Å². The summed E-state index contributed by atoms with van der Waals surface area (Å²) in [7, 11) is 8.61. The number of esters is 1. The molecule has 0 aromatic carbocycles. The Morgan fingerprint density at radius 1 is 1.33 bits per heavy atom. The Kier molecular flexibility index (Phi) is 8.53. The smallest absolute Gasteiger partial charge is 0.411 e. The molecular formula is C11H19Cl2NO6S. The summed E-state index contributed by atoms with van der Waals surface area (Å²) in [5.74, 6) is -0.535. The zero-order valence-electron chi connectivity index (χ0n) is 12.2. The molecule has 0 unspecified atom stereocenters. The van der Waals surface area contributed by atoms with Crippen LogP contribution in [0.2, 0.25) is 0 Å². The lowest BCUT2D eigenvalue weighted by atomic mass is 10.2. The number of methoxy groups -OCH3 is 1. The van der Waals surface area contributed by atoms with Crippen LogP contribution >= 0.6 is 21.4 Å². The van der Waals surface area contributed by atoms with Gasteiger partial charge in [-0.05, 0) is 20.8 Å². The van der Waals surface area contributed by atoms with Crippen LogP contribution in [0.15, 0.2) is 0 Å². The van der Waals surface area contributed by atoms with Gasteiger partial charge in [0.05, 0.1) is 19.8 Å². The van der Waals surface area contributed by atoms with Gasteiger partial charge in [0.1, 0.15) is 11.6 Å². The van der Waals surface area contributed by atoms with E-state index in [1.807, 2.05) is 0 Å². The van der Waals surface area contributed by atoms with E-state index in [0.717, 1.165) is 0 Å². The third-order valence-corrected chi connectivity index (χ3v) is 2.38. The summed E-state index contributed by atoms with van der Waals surface area (Å²) in [6, 6.07) is -0.759. The number of aliphatic hydroxyl groups excluding tert-OH is 1. The number of hydrogen-bond acceptors (Lipinski definition) is 6. The first-order chi connectivity index (χ1) is 9.47. The fourth-order valence-corrected chi connectivity index (χ4v) is 1.70. The molecule has 10 heteroatoms. The van der Waals surface area contributed by atoms with Crippen LogP contribution in [0.5, 0.6) is 0 Å². The third kappa shape index (κ3) is 8.45. The van der Waals surface area contributed by atoms with Crippen LogP contribution in [0.3, 0.4) is 0 Å². The highest BCUT2D eigenvalue weighted by Crippen LogP contribution is 2.22. The number of carbonyl (C=O) groups is 2. The Bertz CT molecular complexity index is 397. The molecule has 7 nitrogen and oxygen atoms in total. The number of carbonyl (C=O) groups excluding carboxylic acids is 2. The molecule has 0 saturated carbocycles. The number of ether oxygens (including phenoxy) is 2. The minimum Gasteiger partial charge on any atom is -0.467 e. The second-order valence-electron chi connectivity index (χ2n) is 5.25. The zero-order valence-corrected chi connectivity index (χ0v) is 14.5. The Balaban J connectivity index is 0.000000885. The minimum absolute atomic E-state index is 0.0919. The molecule has 21 heavy (non-hydrogen) atoms. The van der Waals surface area contributed by atoms with Crippen LogP contribution in [0.4, 0.5) is 4.79 Å². The molecule has 0 aromatic heterocycles. The standard InChI is InChI=1S/C11H19NO5.Cl2OS/c1-11(2,3)17-10(15)12-6-7(13)5-8(12)9(14)16-4;1-4(2)3/h7-8,13H,5-6H2,1-4H3;/t7-,8+;/m1./s1. The van der Waals surface area contributed by atoms with Crippen molar-refractivity contribution in [2.45, 2.75) is 44.9 Å². The molecule has 1 aliphatic rings. The summed E-state index contributed by atoms with van der Waals surface area (Å²) in [6.45, 7) is 5.31. The number of β-amino-alcohol motifs (C(OH)–C–C–N with tert-alkyl or cyclic N) is 1. The molecule has 0 spiro atoms. The van der Waals surface area contributed by atoms with E-state index in [9.17, 15) is 14.7 Å². The summed E-state index contributed by atoms with van der Waals surface area (Å²) in [4.78, 5) is 24.5. The average molecular weight is 364 g/mol. The highest BCUT2D eigenvalue weighted by molar-refractivity contribution is 8.26. The van der Waals surface area contributed by atoms with Crippen molar-refractivity contribution in [1.29, 1.82) is 0 Å². The third-order valence-electron chi connectivity index (χ3n) is 2.38. The quantitative estimate of drug-likeness (QED) is 0.561. The molecule has 1 rings (SSSR count). The van der Waals surface area contributed by atoms with Crippen molar-refractivity contribution < 1.29 is 28.4 Å². The van der Waals surface area contributed by atoms with Crippen molar-refractivity contribution >= 4 is 42.7 Å². The van der Waals surface area contributed by atoms with Crippen LogP contribution in [0.25, 0.3) is 0 Å². The van der Waals surface area contributed by atoms with Gasteiger partial charge in [-0.2, -0.15) is 0 Å². The number of halogens is 2. The van der Waals surface area contributed by atoms with E-state index in [-0.39, 0.29) is 13.0 Å². The lowest BCUT2D eigenvalue weighted by Crippen LogP contribution is -2.43. The average Bonchev–Trinajstić information content (AvgIpc) is 2.67. The predicted molar refractivity (Wildman–Crippen MR) is 79.2 cm³/mol. The topological polar surface area (TPSA) is 93.1 Å². The molecule has 124 valence electrons. The molecule has 1 amide bonds. The van der Waals surface area contributed by atoms with Crippen molar-refractivity contribution in [1.82, 2.24) is 4.90 Å². The maximum atomic E-state index is 11.8. The first kappa shape index (κ1) is 20.4. The lowest BCUT2D eigenvalue weighted by Gasteiger charge is -2.27. The number of aliphatic hydroxyl groups is 1. The van der Waals surface area contributed by atoms with Crippen LogP contribution in [0.1, 0.15) is 27.2 Å². The Hall–Kier alpha value is -0.570. The number of nitrogens with zero attached hydrogens (tertiary/aromatic N) is 1. The summed E-state index contributed by atoms with van der Waals surface area (Å²) < 4.78 is 18.8. The van der Waals surface area contributed by atoms with Gasteiger partial charge < -0.3 is 14.6 Å². The minimum atomic E-state index is -1.67. The second-order valence-corrected chi connectivity index (χ2v) is 7.77. The summed E-state index contributed by atoms with van der Waals surface area (Å²) in [5.41, 5.74) is -0.634. The van der Waals surface area contributed by atoms with Gasteiger partial charge in [0.25, 0.3) is 0 Å². The number of hydrogen-bond donors (Lipinski definition) is 1. The highest BCUT2D eigenvalue weighted by atomic mass is 36.0. The van der Waals surface area contributed by atoms with Crippen molar-refractivity contribution in [2.75, 3.05) is 13.7 Å². The fourth-order valence-electron chi connectivity index (χ4n) is 1.70. The van der Waals surface area contributed by atoms with Gasteiger partial charge in [-0.3, -0.25) is 4.90 Å². The van der Waals surface area contributed by atoms with Gasteiger partial charge in [-0.1, -0.05) is 0 Å². The molecule has 0 aromatic rings. The van der Waals surface area contributed by atoms with Crippen molar-refractivity contribution in [3.05, 3.63) is 0 Å². The molecule has 1 heterocycles. The van der Waals surface area contributed by atoms with Gasteiger partial charge in [-0.15, -0.1) is 0 Å². The summed E-state index contributed by atoms with van der Waals surface area (Å²) in [6.07, 6.45) is -1.14. The van der Waals surface area contributed by atoms with E-state index in [0.29, 0.717) is 0 Å². The number of rotatable bonds is 1. The van der Waals surface area contributed by atoms with Crippen LogP contribution in [0, 0.1) is 0 Å². The molecular weight excluding hydrogens is 345 g/mol. The largest absolute Gasteiger partial charge is 0.467 e. The SMILES string of the molecule is COC(=O)[C@@H]1C[C@@H](O)CN1C(=O)OC(C)(C)C.O=S(Cl)Cl. The van der Waals surface area contributed by atoms with Gasteiger partial charge in [0.2, 0.25) is 9.23 Å². The highest BCUT2D eigenvalue weighted by Gasteiger charge is 2.41. The van der Waals surface area contributed by atoms with E-state index in [2.05, 4.69) is 26.1 Å². The number of amides is 1. The molecule has 1 saturated heterocycles. The molecule has 1 fully saturated rings. The first-order valence-corrected chi connectivity index (χ1v) is 8.78. The Morgan fingerprint density at radius 3 is 2.19 bits per heavy atom. The lowest BCUT2D eigenvalue weighted by molar-refractivity contribution is -0.145. The maximum Gasteiger partial charge on any atom is 0.411 e. The first-order valence-electron chi connectivity index (χ1n) is 5.97. The van der Waals surface area contributed by atoms with E-state index < -0.39 is 39.0 Å².